The smallest absolute Gasteiger partial charge is 0.244 e. The number of hydrogen-bond donors (Lipinski definition) is 2. The second kappa shape index (κ2) is 7.03. The molecule has 2 heterocycles. The van der Waals surface area contributed by atoms with E-state index in [-0.39, 0.29) is 17.5 Å². The number of amides is 1. The Labute approximate surface area is 146 Å². The van der Waals surface area contributed by atoms with Crippen LogP contribution in [0.3, 0.4) is 0 Å². The van der Waals surface area contributed by atoms with Gasteiger partial charge in [-0.3, -0.25) is 10.2 Å². The Bertz CT molecular complexity index is 945. The Kier molecular flexibility index (Phi) is 4.81. The van der Waals surface area contributed by atoms with Crippen LogP contribution in [-0.2, 0) is 11.8 Å². The Balaban J connectivity index is 2.01. The Hall–Kier alpha value is -2.72. The van der Waals surface area contributed by atoms with Gasteiger partial charge in [0.15, 0.2) is 11.0 Å². The number of carbonyl (C=O) groups excluding carboxylic acids is 1. The van der Waals surface area contributed by atoms with Crippen molar-refractivity contribution in [3.05, 3.63) is 30.1 Å². The van der Waals surface area contributed by atoms with Crippen LogP contribution in [0, 0.1) is 5.82 Å². The van der Waals surface area contributed by atoms with Crippen molar-refractivity contribution >= 4 is 28.6 Å². The third-order valence-corrected chi connectivity index (χ3v) is 4.53. The molecular formula is C15H15FN6O2S. The number of carbonyl (C=O) groups is 1. The van der Waals surface area contributed by atoms with Gasteiger partial charge < -0.3 is 9.30 Å². The summed E-state index contributed by atoms with van der Waals surface area (Å²) in [5.41, 5.74) is 3.16. The average Bonchev–Trinajstić information content (AvgIpc) is 2.99. The van der Waals surface area contributed by atoms with Gasteiger partial charge in [-0.2, -0.15) is 0 Å². The quantitative estimate of drug-likeness (QED) is 0.304. The van der Waals surface area contributed by atoms with Crippen LogP contribution >= 0.6 is 11.8 Å². The van der Waals surface area contributed by atoms with E-state index in [0.717, 1.165) is 0 Å². The first-order valence-corrected chi connectivity index (χ1v) is 8.18. The van der Waals surface area contributed by atoms with Crippen molar-refractivity contribution in [3.8, 4) is 17.3 Å². The maximum absolute atomic E-state index is 13.5. The fraction of sp³-hybridized carbons (Fsp3) is 0.200. The first-order valence-electron chi connectivity index (χ1n) is 7.19. The van der Waals surface area contributed by atoms with Crippen molar-refractivity contribution in [1.82, 2.24) is 25.2 Å². The van der Waals surface area contributed by atoms with Gasteiger partial charge in [0, 0.05) is 18.5 Å². The summed E-state index contributed by atoms with van der Waals surface area (Å²) in [6.07, 6.45) is 0. The second-order valence-corrected chi connectivity index (χ2v) is 6.04. The van der Waals surface area contributed by atoms with Gasteiger partial charge in [0.05, 0.1) is 18.4 Å². The van der Waals surface area contributed by atoms with Crippen molar-refractivity contribution in [2.45, 2.75) is 5.16 Å². The Morgan fingerprint density at radius 3 is 2.92 bits per heavy atom. The minimum atomic E-state index is -0.365. The number of hydrogen-bond acceptors (Lipinski definition) is 7. The largest absolute Gasteiger partial charge is 0.496 e. The lowest BCUT2D eigenvalue weighted by molar-refractivity contribution is -0.118. The number of fused-ring (bicyclic) bond motifs is 1. The minimum Gasteiger partial charge on any atom is -0.496 e. The Morgan fingerprint density at radius 2 is 2.20 bits per heavy atom. The molecular weight excluding hydrogens is 347 g/mol. The number of nitrogens with zero attached hydrogens (tertiary/aromatic N) is 4. The van der Waals surface area contributed by atoms with Gasteiger partial charge in [-0.15, -0.1) is 10.2 Å². The molecule has 0 aliphatic carbocycles. The minimum absolute atomic E-state index is 0.121. The summed E-state index contributed by atoms with van der Waals surface area (Å²) in [6.45, 7) is 0. The molecule has 25 heavy (non-hydrogen) atoms. The van der Waals surface area contributed by atoms with Gasteiger partial charge in [-0.05, 0) is 18.2 Å². The molecule has 0 unspecified atom stereocenters. The van der Waals surface area contributed by atoms with E-state index in [1.807, 2.05) is 0 Å². The van der Waals surface area contributed by atoms with E-state index in [2.05, 4.69) is 20.6 Å². The highest BCUT2D eigenvalue weighted by Gasteiger charge is 2.16. The van der Waals surface area contributed by atoms with Gasteiger partial charge in [-0.1, -0.05) is 11.8 Å². The molecule has 1 aromatic carbocycles. The zero-order valence-electron chi connectivity index (χ0n) is 13.5. The molecule has 0 aliphatic heterocycles. The van der Waals surface area contributed by atoms with Gasteiger partial charge in [-0.25, -0.2) is 15.2 Å². The number of nitrogens with two attached hydrogens (primary N) is 1. The van der Waals surface area contributed by atoms with Crippen LogP contribution in [0.5, 0.6) is 5.75 Å². The SMILES string of the molecule is COc1cc(-c2nnc(SCC(=O)NN)n2C)nc2ccc(F)cc12. The molecule has 2 aromatic heterocycles. The van der Waals surface area contributed by atoms with Crippen molar-refractivity contribution in [2.24, 2.45) is 12.9 Å². The third-order valence-electron chi connectivity index (χ3n) is 3.51. The maximum atomic E-state index is 13.5. The molecule has 0 saturated heterocycles. The lowest BCUT2D eigenvalue weighted by atomic mass is 10.1. The van der Waals surface area contributed by atoms with E-state index in [4.69, 9.17) is 10.6 Å². The number of hydrazine groups is 1. The zero-order valence-corrected chi connectivity index (χ0v) is 14.3. The topological polar surface area (TPSA) is 108 Å². The molecule has 0 bridgehead atoms. The van der Waals surface area contributed by atoms with Crippen molar-refractivity contribution in [2.75, 3.05) is 12.9 Å². The molecule has 0 spiro atoms. The number of pyridine rings is 1. The highest BCUT2D eigenvalue weighted by Crippen LogP contribution is 2.30. The van der Waals surface area contributed by atoms with Gasteiger partial charge >= 0.3 is 0 Å². The molecule has 0 radical (unpaired) electrons. The standard InChI is InChI=1S/C15H15FN6O2S/c1-22-14(20-21-15(22)25-7-13(23)19-17)11-6-12(24-2)9-5-8(16)3-4-10(9)18-11/h3-6H,7,17H2,1-2H3,(H,19,23). The molecule has 1 amide bonds. The van der Waals surface area contributed by atoms with Gasteiger partial charge in [0.2, 0.25) is 5.91 Å². The normalized spacial score (nSPS) is 10.9. The van der Waals surface area contributed by atoms with E-state index in [1.165, 1.54) is 31.0 Å². The summed E-state index contributed by atoms with van der Waals surface area (Å²) in [5, 5.41) is 9.30. The fourth-order valence-electron chi connectivity index (χ4n) is 2.29. The first kappa shape index (κ1) is 17.1. The van der Waals surface area contributed by atoms with Crippen molar-refractivity contribution in [3.63, 3.8) is 0 Å². The summed E-state index contributed by atoms with van der Waals surface area (Å²) in [4.78, 5) is 15.8. The molecule has 8 nitrogen and oxygen atoms in total. The predicted molar refractivity (Wildman–Crippen MR) is 91.3 cm³/mol. The molecule has 0 saturated carbocycles. The number of rotatable bonds is 5. The van der Waals surface area contributed by atoms with E-state index in [9.17, 15) is 9.18 Å². The molecule has 3 aromatic rings. The number of thioether (sulfide) groups is 1. The van der Waals surface area contributed by atoms with Crippen LogP contribution in [0.25, 0.3) is 22.4 Å². The number of benzene rings is 1. The molecule has 130 valence electrons. The molecule has 3 N–H and O–H groups in total. The van der Waals surface area contributed by atoms with Gasteiger partial charge in [0.25, 0.3) is 0 Å². The van der Waals surface area contributed by atoms with Crippen molar-refractivity contribution < 1.29 is 13.9 Å². The number of halogens is 1. The van der Waals surface area contributed by atoms with Gasteiger partial charge in [0.1, 0.15) is 17.3 Å². The maximum Gasteiger partial charge on any atom is 0.244 e. The van der Waals surface area contributed by atoms with Crippen LogP contribution in [0.15, 0.2) is 29.4 Å². The Morgan fingerprint density at radius 1 is 1.40 bits per heavy atom. The van der Waals surface area contributed by atoms with Crippen LogP contribution in [0.2, 0.25) is 0 Å². The summed E-state index contributed by atoms with van der Waals surface area (Å²) < 4.78 is 20.5. The third kappa shape index (κ3) is 3.39. The first-order chi connectivity index (χ1) is 12.0. The summed E-state index contributed by atoms with van der Waals surface area (Å²) in [6, 6.07) is 5.96. The monoisotopic (exact) mass is 362 g/mol. The van der Waals surface area contributed by atoms with Crippen molar-refractivity contribution in [1.29, 1.82) is 0 Å². The van der Waals surface area contributed by atoms with Crippen LogP contribution in [0.4, 0.5) is 4.39 Å². The van der Waals surface area contributed by atoms with E-state index >= 15 is 0 Å². The number of nitrogens with one attached hydrogen (secondary N) is 1. The number of ether oxygens (including phenoxy) is 1. The molecule has 0 fully saturated rings. The molecule has 10 heteroatoms. The van der Waals surface area contributed by atoms with Crippen LogP contribution in [0.1, 0.15) is 0 Å². The highest BCUT2D eigenvalue weighted by molar-refractivity contribution is 7.99. The zero-order chi connectivity index (χ0) is 18.0. The van der Waals surface area contributed by atoms with E-state index in [1.54, 1.807) is 23.7 Å². The number of methoxy groups -OCH3 is 1. The summed E-state index contributed by atoms with van der Waals surface area (Å²) >= 11 is 1.20. The summed E-state index contributed by atoms with van der Waals surface area (Å²) in [5.74, 6) is 5.48. The molecule has 0 atom stereocenters. The average molecular weight is 362 g/mol. The van der Waals surface area contributed by atoms with E-state index in [0.29, 0.717) is 33.3 Å². The highest BCUT2D eigenvalue weighted by atomic mass is 32.2. The van der Waals surface area contributed by atoms with Crippen LogP contribution < -0.4 is 16.0 Å². The number of aromatic nitrogens is 4. The fourth-order valence-corrected chi connectivity index (χ4v) is 3.01. The lowest BCUT2D eigenvalue weighted by Gasteiger charge is -2.09. The molecule has 3 rings (SSSR count). The summed E-state index contributed by atoms with van der Waals surface area (Å²) in [7, 11) is 3.27. The predicted octanol–water partition coefficient (Wildman–Crippen LogP) is 1.26. The second-order valence-electron chi connectivity index (χ2n) is 5.09. The molecule has 0 aliphatic rings. The van der Waals surface area contributed by atoms with E-state index < -0.39 is 0 Å². The lowest BCUT2D eigenvalue weighted by Crippen LogP contribution is -2.31. The van der Waals surface area contributed by atoms with Crippen LogP contribution in [-0.4, -0.2) is 38.5 Å².